The summed E-state index contributed by atoms with van der Waals surface area (Å²) in [6.07, 6.45) is 0.832. The first-order valence-electron chi connectivity index (χ1n) is 4.86. The van der Waals surface area contributed by atoms with Gasteiger partial charge in [0.15, 0.2) is 6.29 Å². The van der Waals surface area contributed by atoms with Crippen molar-refractivity contribution in [1.29, 1.82) is 0 Å². The second-order valence-electron chi connectivity index (χ2n) is 3.34. The van der Waals surface area contributed by atoms with Gasteiger partial charge < -0.3 is 5.32 Å². The van der Waals surface area contributed by atoms with E-state index >= 15 is 0 Å². The summed E-state index contributed by atoms with van der Waals surface area (Å²) in [5.41, 5.74) is 2.33. The van der Waals surface area contributed by atoms with Crippen molar-refractivity contribution in [2.45, 2.75) is 0 Å². The molecule has 0 fully saturated rings. The fraction of sp³-hybridized carbons (Fsp3) is 0. The zero-order chi connectivity index (χ0) is 11.4. The van der Waals surface area contributed by atoms with Gasteiger partial charge in [-0.3, -0.25) is 4.79 Å². The topological polar surface area (TPSA) is 29.1 Å². The Morgan fingerprint density at radius 3 is 2.38 bits per heavy atom. The summed E-state index contributed by atoms with van der Waals surface area (Å²) in [6, 6.07) is 14.7. The van der Waals surface area contributed by atoms with E-state index in [0.29, 0.717) is 10.6 Å². The lowest BCUT2D eigenvalue weighted by Crippen LogP contribution is -1.94. The van der Waals surface area contributed by atoms with Crippen LogP contribution in [0.15, 0.2) is 48.5 Å². The van der Waals surface area contributed by atoms with E-state index in [4.69, 9.17) is 11.6 Å². The fourth-order valence-corrected chi connectivity index (χ4v) is 1.53. The fourth-order valence-electron chi connectivity index (χ4n) is 1.40. The largest absolute Gasteiger partial charge is 0.355 e. The molecule has 0 saturated heterocycles. The van der Waals surface area contributed by atoms with Crippen LogP contribution in [0.1, 0.15) is 10.4 Å². The zero-order valence-electron chi connectivity index (χ0n) is 8.48. The van der Waals surface area contributed by atoms with Crippen LogP contribution in [0.2, 0.25) is 5.02 Å². The molecule has 3 heteroatoms. The first kappa shape index (κ1) is 10.7. The monoisotopic (exact) mass is 231 g/mol. The van der Waals surface area contributed by atoms with Gasteiger partial charge in [0.25, 0.3) is 0 Å². The number of carbonyl (C=O) groups excluding carboxylic acids is 1. The first-order chi connectivity index (χ1) is 7.79. The normalized spacial score (nSPS) is 9.81. The van der Waals surface area contributed by atoms with Gasteiger partial charge in [-0.05, 0) is 36.4 Å². The molecule has 2 aromatic carbocycles. The van der Waals surface area contributed by atoms with E-state index in [1.54, 1.807) is 18.2 Å². The van der Waals surface area contributed by atoms with E-state index in [9.17, 15) is 4.79 Å². The van der Waals surface area contributed by atoms with Crippen LogP contribution in [-0.2, 0) is 0 Å². The molecule has 16 heavy (non-hydrogen) atoms. The number of hydrogen-bond acceptors (Lipinski definition) is 2. The van der Waals surface area contributed by atoms with Crippen molar-refractivity contribution in [3.63, 3.8) is 0 Å². The molecule has 0 atom stereocenters. The quantitative estimate of drug-likeness (QED) is 0.812. The van der Waals surface area contributed by atoms with Crippen molar-refractivity contribution in [3.05, 3.63) is 59.1 Å². The number of nitrogens with one attached hydrogen (secondary N) is 1. The molecular formula is C13H10ClNO. The maximum absolute atomic E-state index is 10.8. The number of hydrogen-bond donors (Lipinski definition) is 1. The number of benzene rings is 2. The van der Waals surface area contributed by atoms with Crippen molar-refractivity contribution in [2.75, 3.05) is 5.32 Å². The smallest absolute Gasteiger partial charge is 0.152 e. The Morgan fingerprint density at radius 1 is 1.00 bits per heavy atom. The van der Waals surface area contributed by atoms with Gasteiger partial charge in [-0.1, -0.05) is 23.7 Å². The molecule has 0 amide bonds. The Balaban J connectivity index is 2.26. The molecule has 0 aliphatic heterocycles. The Labute approximate surface area is 98.9 Å². The maximum Gasteiger partial charge on any atom is 0.152 e. The second kappa shape index (κ2) is 4.81. The Kier molecular flexibility index (Phi) is 3.22. The molecule has 0 saturated carbocycles. The standard InChI is InChI=1S/C13H10ClNO/c14-11-5-7-12(8-6-11)15-13-4-2-1-3-10(13)9-16/h1-9,15H. The third kappa shape index (κ3) is 2.41. The molecular weight excluding hydrogens is 222 g/mol. The minimum absolute atomic E-state index is 0.637. The average molecular weight is 232 g/mol. The van der Waals surface area contributed by atoms with Crippen molar-refractivity contribution >= 4 is 29.3 Å². The molecule has 2 nitrogen and oxygen atoms in total. The predicted octanol–water partition coefficient (Wildman–Crippen LogP) is 3.90. The van der Waals surface area contributed by atoms with Crippen LogP contribution >= 0.6 is 11.6 Å². The highest BCUT2D eigenvalue weighted by atomic mass is 35.5. The number of halogens is 1. The lowest BCUT2D eigenvalue weighted by atomic mass is 10.2. The van der Waals surface area contributed by atoms with Crippen molar-refractivity contribution in [1.82, 2.24) is 0 Å². The van der Waals surface area contributed by atoms with Crippen LogP contribution in [0, 0.1) is 0 Å². The van der Waals surface area contributed by atoms with E-state index in [1.807, 2.05) is 30.3 Å². The molecule has 1 N–H and O–H groups in total. The van der Waals surface area contributed by atoms with Crippen LogP contribution in [0.5, 0.6) is 0 Å². The minimum atomic E-state index is 0.637. The lowest BCUT2D eigenvalue weighted by molar-refractivity contribution is 0.112. The van der Waals surface area contributed by atoms with Crippen molar-refractivity contribution in [2.24, 2.45) is 0 Å². The van der Waals surface area contributed by atoms with Gasteiger partial charge in [0.05, 0.1) is 0 Å². The average Bonchev–Trinajstić information content (AvgIpc) is 2.33. The van der Waals surface area contributed by atoms with E-state index in [2.05, 4.69) is 5.32 Å². The lowest BCUT2D eigenvalue weighted by Gasteiger charge is -2.08. The highest BCUT2D eigenvalue weighted by molar-refractivity contribution is 6.30. The van der Waals surface area contributed by atoms with E-state index < -0.39 is 0 Å². The molecule has 80 valence electrons. The Hall–Kier alpha value is -1.80. The van der Waals surface area contributed by atoms with E-state index in [-0.39, 0.29) is 0 Å². The number of para-hydroxylation sites is 1. The van der Waals surface area contributed by atoms with Gasteiger partial charge in [0, 0.05) is 22.0 Å². The molecule has 0 spiro atoms. The summed E-state index contributed by atoms with van der Waals surface area (Å²) in [6.45, 7) is 0. The van der Waals surface area contributed by atoms with Gasteiger partial charge in [-0.15, -0.1) is 0 Å². The molecule has 0 aliphatic carbocycles. The summed E-state index contributed by atoms with van der Waals surface area (Å²) < 4.78 is 0. The Morgan fingerprint density at radius 2 is 1.69 bits per heavy atom. The number of aldehydes is 1. The molecule has 2 rings (SSSR count). The van der Waals surface area contributed by atoms with Gasteiger partial charge in [-0.2, -0.15) is 0 Å². The van der Waals surface area contributed by atoms with Crippen LogP contribution < -0.4 is 5.32 Å². The summed E-state index contributed by atoms with van der Waals surface area (Å²) in [4.78, 5) is 10.8. The SMILES string of the molecule is O=Cc1ccccc1Nc1ccc(Cl)cc1. The highest BCUT2D eigenvalue weighted by Gasteiger charge is 2.00. The summed E-state index contributed by atoms with van der Waals surface area (Å²) in [5, 5.41) is 3.85. The van der Waals surface area contributed by atoms with Crippen LogP contribution in [0.3, 0.4) is 0 Å². The van der Waals surface area contributed by atoms with E-state index in [1.165, 1.54) is 0 Å². The molecule has 0 aromatic heterocycles. The summed E-state index contributed by atoms with van der Waals surface area (Å²) in [5.74, 6) is 0. The summed E-state index contributed by atoms with van der Waals surface area (Å²) >= 11 is 5.79. The molecule has 0 radical (unpaired) electrons. The van der Waals surface area contributed by atoms with Gasteiger partial charge in [-0.25, -0.2) is 0 Å². The molecule has 0 bridgehead atoms. The van der Waals surface area contributed by atoms with Crippen LogP contribution in [0.4, 0.5) is 11.4 Å². The Bertz CT molecular complexity index is 494. The van der Waals surface area contributed by atoms with Crippen molar-refractivity contribution < 1.29 is 4.79 Å². The van der Waals surface area contributed by atoms with Gasteiger partial charge >= 0.3 is 0 Å². The zero-order valence-corrected chi connectivity index (χ0v) is 9.24. The maximum atomic E-state index is 10.8. The molecule has 0 unspecified atom stereocenters. The van der Waals surface area contributed by atoms with Gasteiger partial charge in [0.2, 0.25) is 0 Å². The number of carbonyl (C=O) groups is 1. The van der Waals surface area contributed by atoms with Crippen molar-refractivity contribution in [3.8, 4) is 0 Å². The number of anilines is 2. The predicted molar refractivity (Wildman–Crippen MR) is 66.6 cm³/mol. The van der Waals surface area contributed by atoms with Gasteiger partial charge in [0.1, 0.15) is 0 Å². The van der Waals surface area contributed by atoms with Crippen LogP contribution in [-0.4, -0.2) is 6.29 Å². The minimum Gasteiger partial charge on any atom is -0.355 e. The van der Waals surface area contributed by atoms with Crippen LogP contribution in [0.25, 0.3) is 0 Å². The molecule has 0 heterocycles. The summed E-state index contributed by atoms with van der Waals surface area (Å²) in [7, 11) is 0. The highest BCUT2D eigenvalue weighted by Crippen LogP contribution is 2.21. The van der Waals surface area contributed by atoms with E-state index in [0.717, 1.165) is 17.7 Å². The third-order valence-corrected chi connectivity index (χ3v) is 2.46. The third-order valence-electron chi connectivity index (χ3n) is 2.21. The number of rotatable bonds is 3. The molecule has 2 aromatic rings. The first-order valence-corrected chi connectivity index (χ1v) is 5.24. The molecule has 0 aliphatic rings. The second-order valence-corrected chi connectivity index (χ2v) is 3.77.